The number of carbonyl (C=O) groups is 2. The highest BCUT2D eigenvalue weighted by molar-refractivity contribution is 5.96. The minimum absolute atomic E-state index is 0.156. The Bertz CT molecular complexity index is 779. The molecular weight excluding hydrogens is 324 g/mol. The Hall–Kier alpha value is -3.16. The lowest BCUT2D eigenvalue weighted by Gasteiger charge is -2.09. The average molecular weight is 337 g/mol. The molecule has 0 atom stereocenters. The molecule has 2 rings (SSSR count). The second-order valence-corrected chi connectivity index (χ2v) is 4.63. The van der Waals surface area contributed by atoms with E-state index in [4.69, 9.17) is 9.47 Å². The van der Waals surface area contributed by atoms with Gasteiger partial charge in [0.15, 0.2) is 6.61 Å². The number of benzene rings is 2. The first-order valence-corrected chi connectivity index (χ1v) is 6.69. The third kappa shape index (κ3) is 4.19. The number of halogens is 2. The highest BCUT2D eigenvalue weighted by atomic mass is 19.1. The van der Waals surface area contributed by atoms with E-state index in [1.807, 2.05) is 0 Å². The lowest BCUT2D eigenvalue weighted by molar-refractivity contribution is -0.119. The van der Waals surface area contributed by atoms with Crippen molar-refractivity contribution in [3.63, 3.8) is 0 Å². The maximum absolute atomic E-state index is 13.4. The summed E-state index contributed by atoms with van der Waals surface area (Å²) in [5, 5.41) is 11.8. The summed E-state index contributed by atoms with van der Waals surface area (Å²) in [5.74, 6) is -3.53. The van der Waals surface area contributed by atoms with Crippen LogP contribution in [0.5, 0.6) is 11.5 Å². The molecule has 126 valence electrons. The van der Waals surface area contributed by atoms with E-state index >= 15 is 0 Å². The standard InChI is InChI=1S/C16H13F2NO5/c1-23-10-3-4-11(14(20)7-10)16(22)24-8-15(21)19-13-5-2-9(17)6-12(13)18/h2-7,20H,8H2,1H3,(H,19,21). The van der Waals surface area contributed by atoms with E-state index < -0.39 is 30.1 Å². The van der Waals surface area contributed by atoms with Crippen LogP contribution in [0.15, 0.2) is 36.4 Å². The maximum Gasteiger partial charge on any atom is 0.342 e. The Morgan fingerprint density at radius 3 is 2.54 bits per heavy atom. The van der Waals surface area contributed by atoms with Gasteiger partial charge in [0.1, 0.15) is 28.7 Å². The first-order valence-electron chi connectivity index (χ1n) is 6.69. The summed E-state index contributed by atoms with van der Waals surface area (Å²) in [6.45, 7) is -0.707. The van der Waals surface area contributed by atoms with Gasteiger partial charge in [0, 0.05) is 12.1 Å². The Kier molecular flexibility index (Phi) is 5.31. The van der Waals surface area contributed by atoms with E-state index in [9.17, 15) is 23.5 Å². The summed E-state index contributed by atoms with van der Waals surface area (Å²) < 4.78 is 35.8. The van der Waals surface area contributed by atoms with Crippen LogP contribution in [0.2, 0.25) is 0 Å². The van der Waals surface area contributed by atoms with Crippen molar-refractivity contribution in [3.05, 3.63) is 53.6 Å². The predicted molar refractivity (Wildman–Crippen MR) is 79.9 cm³/mol. The number of phenols is 1. The molecule has 8 heteroatoms. The second-order valence-electron chi connectivity index (χ2n) is 4.63. The highest BCUT2D eigenvalue weighted by Gasteiger charge is 2.16. The molecule has 0 spiro atoms. The van der Waals surface area contributed by atoms with E-state index in [2.05, 4.69) is 5.32 Å². The number of phenolic OH excluding ortho intramolecular Hbond substituents is 1. The van der Waals surface area contributed by atoms with Crippen LogP contribution in [0.4, 0.5) is 14.5 Å². The van der Waals surface area contributed by atoms with Crippen LogP contribution in [0.1, 0.15) is 10.4 Å². The molecular formula is C16H13F2NO5. The molecule has 0 aromatic heterocycles. The number of aromatic hydroxyl groups is 1. The van der Waals surface area contributed by atoms with Gasteiger partial charge in [-0.1, -0.05) is 0 Å². The number of esters is 1. The molecule has 1 amide bonds. The quantitative estimate of drug-likeness (QED) is 0.819. The third-order valence-electron chi connectivity index (χ3n) is 2.96. The fraction of sp³-hybridized carbons (Fsp3) is 0.125. The average Bonchev–Trinajstić information content (AvgIpc) is 2.55. The lowest BCUT2D eigenvalue weighted by Crippen LogP contribution is -2.21. The van der Waals surface area contributed by atoms with Gasteiger partial charge in [0.2, 0.25) is 0 Å². The van der Waals surface area contributed by atoms with Gasteiger partial charge in [-0.05, 0) is 24.3 Å². The molecule has 2 aromatic carbocycles. The first kappa shape index (κ1) is 17.2. The summed E-state index contributed by atoms with van der Waals surface area (Å²) in [6.07, 6.45) is 0. The molecule has 0 saturated carbocycles. The Balaban J connectivity index is 1.95. The van der Waals surface area contributed by atoms with Gasteiger partial charge in [-0.3, -0.25) is 4.79 Å². The second kappa shape index (κ2) is 7.40. The van der Waals surface area contributed by atoms with Crippen LogP contribution in [0.3, 0.4) is 0 Å². The number of hydrogen-bond acceptors (Lipinski definition) is 5. The Morgan fingerprint density at radius 2 is 1.92 bits per heavy atom. The number of carbonyl (C=O) groups excluding carboxylic acids is 2. The zero-order valence-electron chi connectivity index (χ0n) is 12.5. The van der Waals surface area contributed by atoms with Crippen LogP contribution < -0.4 is 10.1 Å². The van der Waals surface area contributed by atoms with Crippen LogP contribution in [0, 0.1) is 11.6 Å². The molecule has 0 unspecified atom stereocenters. The maximum atomic E-state index is 13.4. The zero-order chi connectivity index (χ0) is 17.7. The van der Waals surface area contributed by atoms with Crippen LogP contribution in [-0.2, 0) is 9.53 Å². The van der Waals surface area contributed by atoms with E-state index in [-0.39, 0.29) is 17.0 Å². The summed E-state index contributed by atoms with van der Waals surface area (Å²) in [6, 6.07) is 6.54. The molecule has 24 heavy (non-hydrogen) atoms. The third-order valence-corrected chi connectivity index (χ3v) is 2.96. The van der Waals surface area contributed by atoms with Crippen molar-refractivity contribution in [2.24, 2.45) is 0 Å². The summed E-state index contributed by atoms with van der Waals surface area (Å²) >= 11 is 0. The molecule has 2 aromatic rings. The minimum Gasteiger partial charge on any atom is -0.507 e. The number of nitrogens with one attached hydrogen (secondary N) is 1. The Morgan fingerprint density at radius 1 is 1.17 bits per heavy atom. The van der Waals surface area contributed by atoms with Crippen LogP contribution >= 0.6 is 0 Å². The van der Waals surface area contributed by atoms with Gasteiger partial charge < -0.3 is 19.9 Å². The topological polar surface area (TPSA) is 84.9 Å². The van der Waals surface area contributed by atoms with Crippen LogP contribution in [-0.4, -0.2) is 30.7 Å². The zero-order valence-corrected chi connectivity index (χ0v) is 12.5. The number of amides is 1. The molecule has 6 nitrogen and oxygen atoms in total. The highest BCUT2D eigenvalue weighted by Crippen LogP contribution is 2.24. The van der Waals surface area contributed by atoms with Gasteiger partial charge in [-0.25, -0.2) is 13.6 Å². The number of methoxy groups -OCH3 is 1. The summed E-state index contributed by atoms with van der Waals surface area (Å²) in [5.41, 5.74) is -0.402. The molecule has 0 bridgehead atoms. The fourth-order valence-electron chi connectivity index (χ4n) is 1.80. The summed E-state index contributed by atoms with van der Waals surface area (Å²) in [7, 11) is 1.39. The van der Waals surface area contributed by atoms with Crippen molar-refractivity contribution < 1.29 is 33.0 Å². The molecule has 0 aliphatic heterocycles. The normalized spacial score (nSPS) is 10.1. The van der Waals surface area contributed by atoms with Crippen molar-refractivity contribution >= 4 is 17.6 Å². The Labute approximate surface area is 135 Å². The monoisotopic (exact) mass is 337 g/mol. The van der Waals surface area contributed by atoms with Gasteiger partial charge in [0.25, 0.3) is 5.91 Å². The number of rotatable bonds is 5. The number of hydrogen-bond donors (Lipinski definition) is 2. The SMILES string of the molecule is COc1ccc(C(=O)OCC(=O)Nc2ccc(F)cc2F)c(O)c1. The molecule has 0 heterocycles. The fourth-order valence-corrected chi connectivity index (χ4v) is 1.80. The smallest absolute Gasteiger partial charge is 0.342 e. The van der Waals surface area contributed by atoms with Crippen molar-refractivity contribution in [2.45, 2.75) is 0 Å². The van der Waals surface area contributed by atoms with E-state index in [0.29, 0.717) is 11.8 Å². The molecule has 0 fully saturated rings. The number of ether oxygens (including phenoxy) is 2. The largest absolute Gasteiger partial charge is 0.507 e. The molecule has 0 saturated heterocycles. The predicted octanol–water partition coefficient (Wildman–Crippen LogP) is 2.47. The molecule has 0 aliphatic carbocycles. The first-order chi connectivity index (χ1) is 11.4. The van der Waals surface area contributed by atoms with Crippen LogP contribution in [0.25, 0.3) is 0 Å². The summed E-state index contributed by atoms with van der Waals surface area (Å²) in [4.78, 5) is 23.4. The van der Waals surface area contributed by atoms with E-state index in [1.165, 1.54) is 25.3 Å². The van der Waals surface area contributed by atoms with Crippen molar-refractivity contribution in [3.8, 4) is 11.5 Å². The minimum atomic E-state index is -0.956. The van der Waals surface area contributed by atoms with Crippen molar-refractivity contribution in [1.82, 2.24) is 0 Å². The van der Waals surface area contributed by atoms with Gasteiger partial charge in [0.05, 0.1) is 12.8 Å². The molecule has 2 N–H and O–H groups in total. The van der Waals surface area contributed by atoms with E-state index in [1.54, 1.807) is 0 Å². The molecule has 0 radical (unpaired) electrons. The van der Waals surface area contributed by atoms with Gasteiger partial charge >= 0.3 is 5.97 Å². The lowest BCUT2D eigenvalue weighted by atomic mass is 10.2. The van der Waals surface area contributed by atoms with E-state index in [0.717, 1.165) is 12.1 Å². The number of anilines is 1. The molecule has 0 aliphatic rings. The van der Waals surface area contributed by atoms with Gasteiger partial charge in [-0.2, -0.15) is 0 Å². The van der Waals surface area contributed by atoms with Crippen molar-refractivity contribution in [1.29, 1.82) is 0 Å². The van der Waals surface area contributed by atoms with Crippen molar-refractivity contribution in [2.75, 3.05) is 19.0 Å². The van der Waals surface area contributed by atoms with Gasteiger partial charge in [-0.15, -0.1) is 0 Å².